The van der Waals surface area contributed by atoms with Crippen LogP contribution in [0.4, 0.5) is 0 Å². The third-order valence-electron chi connectivity index (χ3n) is 7.47. The fourth-order valence-electron chi connectivity index (χ4n) is 5.67. The van der Waals surface area contributed by atoms with E-state index in [-0.39, 0.29) is 5.41 Å². The van der Waals surface area contributed by atoms with Gasteiger partial charge >= 0.3 is 0 Å². The van der Waals surface area contributed by atoms with Crippen LogP contribution in [0.5, 0.6) is 0 Å². The Balaban J connectivity index is 1.77. The van der Waals surface area contributed by atoms with Crippen LogP contribution in [0.3, 0.4) is 0 Å². The molecule has 5 aromatic rings. The normalized spacial score (nSPS) is 13.8. The molecule has 0 spiro atoms. The van der Waals surface area contributed by atoms with E-state index in [1.807, 2.05) is 0 Å². The maximum Gasteiger partial charge on any atom is 0.213 e. The lowest BCUT2D eigenvalue weighted by atomic mass is 9.80. The summed E-state index contributed by atoms with van der Waals surface area (Å²) in [5.74, 6) is 1.02. The Bertz CT molecular complexity index is 1570. The lowest BCUT2D eigenvalue weighted by Gasteiger charge is -2.23. The average molecular weight is 431 g/mol. The van der Waals surface area contributed by atoms with E-state index in [1.54, 1.807) is 0 Å². The predicted molar refractivity (Wildman–Crippen MR) is 135 cm³/mol. The fourth-order valence-corrected chi connectivity index (χ4v) is 5.67. The zero-order chi connectivity index (χ0) is 22.9. The van der Waals surface area contributed by atoms with Gasteiger partial charge < -0.3 is 4.57 Å². The van der Waals surface area contributed by atoms with E-state index in [4.69, 9.17) is 4.98 Å². The number of aryl methyl sites for hydroxylation is 2. The first-order valence-corrected chi connectivity index (χ1v) is 11.5. The monoisotopic (exact) mass is 430 g/mol. The summed E-state index contributed by atoms with van der Waals surface area (Å²) in [6, 6.07) is 26.1. The summed E-state index contributed by atoms with van der Waals surface area (Å²) in [6.07, 6.45) is 2.13. The second-order valence-corrected chi connectivity index (χ2v) is 9.70. The number of fused-ring (bicyclic) bond motifs is 4. The van der Waals surface area contributed by atoms with Crippen molar-refractivity contribution in [3.8, 4) is 33.8 Å². The lowest BCUT2D eigenvalue weighted by Crippen LogP contribution is -2.30. The molecular weight excluding hydrogens is 402 g/mol. The van der Waals surface area contributed by atoms with Gasteiger partial charge in [-0.3, -0.25) is 0 Å². The molecule has 0 N–H and O–H groups in total. The fraction of sp³-hybridized carbons (Fsp3) is 0.200. The Morgan fingerprint density at radius 2 is 1.55 bits per heavy atom. The van der Waals surface area contributed by atoms with Crippen LogP contribution in [0.2, 0.25) is 0 Å². The van der Waals surface area contributed by atoms with Crippen LogP contribution in [-0.4, -0.2) is 9.55 Å². The van der Waals surface area contributed by atoms with Crippen molar-refractivity contribution >= 4 is 11.0 Å². The average Bonchev–Trinajstić information content (AvgIpc) is 3.26. The zero-order valence-electron chi connectivity index (χ0n) is 19.8. The number of benzene rings is 3. The molecule has 6 rings (SSSR count). The van der Waals surface area contributed by atoms with Crippen molar-refractivity contribution in [3.05, 3.63) is 95.7 Å². The van der Waals surface area contributed by atoms with Crippen LogP contribution in [0.25, 0.3) is 44.8 Å². The summed E-state index contributed by atoms with van der Waals surface area (Å²) >= 11 is 0. The third-order valence-corrected chi connectivity index (χ3v) is 7.47. The van der Waals surface area contributed by atoms with Crippen LogP contribution in [0, 0.1) is 6.92 Å². The minimum atomic E-state index is -0.0823. The van der Waals surface area contributed by atoms with Gasteiger partial charge in [-0.25, -0.2) is 9.55 Å². The van der Waals surface area contributed by atoms with Crippen LogP contribution in [-0.2, 0) is 19.5 Å². The maximum absolute atomic E-state index is 5.08. The van der Waals surface area contributed by atoms with Crippen LogP contribution in [0.1, 0.15) is 30.5 Å². The van der Waals surface area contributed by atoms with Gasteiger partial charge in [-0.1, -0.05) is 50.2 Å². The number of hydrogen-bond donors (Lipinski definition) is 0. The van der Waals surface area contributed by atoms with Gasteiger partial charge in [0.2, 0.25) is 5.69 Å². The Morgan fingerprint density at radius 3 is 2.33 bits per heavy atom. The topological polar surface area (TPSA) is 21.7 Å². The van der Waals surface area contributed by atoms with Gasteiger partial charge in [-0.2, -0.15) is 0 Å². The summed E-state index contributed by atoms with van der Waals surface area (Å²) in [6.45, 7) is 6.95. The smallest absolute Gasteiger partial charge is 0.213 e. The zero-order valence-corrected chi connectivity index (χ0v) is 19.8. The van der Waals surface area contributed by atoms with E-state index >= 15 is 0 Å². The first-order valence-electron chi connectivity index (χ1n) is 11.5. The molecule has 0 bridgehead atoms. The van der Waals surface area contributed by atoms with Gasteiger partial charge in [-0.05, 0) is 53.4 Å². The summed E-state index contributed by atoms with van der Waals surface area (Å²) < 4.78 is 4.46. The van der Waals surface area contributed by atoms with Crippen molar-refractivity contribution in [1.29, 1.82) is 0 Å². The van der Waals surface area contributed by atoms with E-state index in [0.29, 0.717) is 0 Å². The Hall–Kier alpha value is -3.72. The van der Waals surface area contributed by atoms with Crippen molar-refractivity contribution in [2.24, 2.45) is 14.1 Å². The van der Waals surface area contributed by atoms with Crippen molar-refractivity contribution in [2.75, 3.05) is 0 Å². The molecule has 0 saturated heterocycles. The molecule has 3 nitrogen and oxygen atoms in total. The molecule has 3 heteroatoms. The summed E-state index contributed by atoms with van der Waals surface area (Å²) in [7, 11) is 4.26. The summed E-state index contributed by atoms with van der Waals surface area (Å²) in [4.78, 5) is 5.08. The van der Waals surface area contributed by atoms with Crippen molar-refractivity contribution in [2.45, 2.75) is 26.2 Å². The van der Waals surface area contributed by atoms with Gasteiger partial charge in [-0.15, -0.1) is 0 Å². The van der Waals surface area contributed by atoms with E-state index in [9.17, 15) is 0 Å². The maximum atomic E-state index is 5.08. The van der Waals surface area contributed by atoms with E-state index < -0.39 is 0 Å². The highest BCUT2D eigenvalue weighted by Crippen LogP contribution is 2.54. The van der Waals surface area contributed by atoms with E-state index in [1.165, 1.54) is 44.6 Å². The second-order valence-electron chi connectivity index (χ2n) is 9.70. The molecule has 0 aliphatic heterocycles. The summed E-state index contributed by atoms with van der Waals surface area (Å²) in [5, 5.41) is 0. The molecule has 0 fully saturated rings. The van der Waals surface area contributed by atoms with Crippen LogP contribution >= 0.6 is 0 Å². The number of para-hydroxylation sites is 2. The molecule has 0 unspecified atom stereocenters. The second kappa shape index (κ2) is 6.89. The molecule has 0 saturated carbocycles. The molecule has 1 aliphatic carbocycles. The largest absolute Gasteiger partial charge is 0.327 e. The number of hydrogen-bond acceptors (Lipinski definition) is 1. The van der Waals surface area contributed by atoms with E-state index in [0.717, 1.165) is 16.9 Å². The molecular formula is C30H28N3+. The minimum Gasteiger partial charge on any atom is -0.327 e. The molecule has 1 aliphatic rings. The standard InChI is InChI=1S/C30H28N3/c1-19-21(29-31-24-14-8-9-15-25(24)33(29)5)18-23-28(27(19)26-16-10-11-17-32(26)4)20-12-6-7-13-22(20)30(23,2)3/h6-18H,1-5H3/q+1. The van der Waals surface area contributed by atoms with Gasteiger partial charge in [0, 0.05) is 35.7 Å². The van der Waals surface area contributed by atoms with Crippen molar-refractivity contribution in [3.63, 3.8) is 0 Å². The highest BCUT2D eigenvalue weighted by atomic mass is 15.1. The van der Waals surface area contributed by atoms with Crippen molar-refractivity contribution in [1.82, 2.24) is 9.55 Å². The van der Waals surface area contributed by atoms with Gasteiger partial charge in [0.15, 0.2) is 6.20 Å². The Kier molecular flexibility index (Phi) is 4.16. The number of imidazole rings is 1. The molecule has 0 atom stereocenters. The SMILES string of the molecule is Cc1c(-c2nc3ccccc3n2C)cc2c(c1-c1cccc[n+]1C)-c1ccccc1C2(C)C. The van der Waals surface area contributed by atoms with Crippen molar-refractivity contribution < 1.29 is 4.57 Å². The summed E-state index contributed by atoms with van der Waals surface area (Å²) in [5.41, 5.74) is 12.6. The predicted octanol–water partition coefficient (Wildman–Crippen LogP) is 6.35. The Labute approximate surface area is 195 Å². The number of pyridine rings is 1. The quantitative estimate of drug-likeness (QED) is 0.299. The molecule has 0 amide bonds. The first kappa shape index (κ1) is 19.9. The van der Waals surface area contributed by atoms with Gasteiger partial charge in [0.1, 0.15) is 12.9 Å². The molecule has 0 radical (unpaired) electrons. The molecule has 162 valence electrons. The van der Waals surface area contributed by atoms with Gasteiger partial charge in [0.05, 0.1) is 16.6 Å². The minimum absolute atomic E-state index is 0.0823. The highest BCUT2D eigenvalue weighted by Gasteiger charge is 2.39. The highest BCUT2D eigenvalue weighted by molar-refractivity contribution is 5.96. The molecule has 2 heterocycles. The van der Waals surface area contributed by atoms with Crippen LogP contribution in [0.15, 0.2) is 79.0 Å². The number of rotatable bonds is 2. The molecule has 33 heavy (non-hydrogen) atoms. The first-order chi connectivity index (χ1) is 15.9. The van der Waals surface area contributed by atoms with Gasteiger partial charge in [0.25, 0.3) is 0 Å². The third kappa shape index (κ3) is 2.69. The van der Waals surface area contributed by atoms with E-state index in [2.05, 4.69) is 123 Å². The molecule has 3 aromatic carbocycles. The number of aromatic nitrogens is 3. The number of nitrogens with zero attached hydrogens (tertiary/aromatic N) is 3. The Morgan fingerprint density at radius 1 is 0.818 bits per heavy atom. The lowest BCUT2D eigenvalue weighted by molar-refractivity contribution is -0.660. The van der Waals surface area contributed by atoms with Crippen LogP contribution < -0.4 is 4.57 Å². The molecule has 2 aromatic heterocycles.